The van der Waals surface area contributed by atoms with Crippen molar-refractivity contribution in [2.24, 2.45) is 0 Å². The Balaban J connectivity index is -0.0000000450. The van der Waals surface area contributed by atoms with Crippen LogP contribution in [0.2, 0.25) is 0 Å². The minimum atomic E-state index is -3.63. The summed E-state index contributed by atoms with van der Waals surface area (Å²) < 4.78 is 8.52. The van der Waals surface area contributed by atoms with E-state index in [1.165, 1.54) is 0 Å². The maximum absolute atomic E-state index is 8.52. The minimum Gasteiger partial charge on any atom is -0.672 e. The summed E-state index contributed by atoms with van der Waals surface area (Å²) in [6.07, 6.45) is 0. The van der Waals surface area contributed by atoms with Crippen LogP contribution in [-0.4, -0.2) is 57.9 Å². The van der Waals surface area contributed by atoms with E-state index in [4.69, 9.17) is 14.1 Å². The van der Waals surface area contributed by atoms with Crippen molar-refractivity contribution in [2.45, 2.75) is 0 Å². The minimum absolute atomic E-state index is 0. The first kappa shape index (κ1) is 15.7. The summed E-state index contributed by atoms with van der Waals surface area (Å²) in [6, 6.07) is 0. The molecule has 6 heavy (non-hydrogen) atoms. The second kappa shape index (κ2) is 9.43. The predicted molar refractivity (Wildman–Crippen MR) is 17.9 cm³/mol. The average Bonchev–Trinajstić information content (AvgIpc) is 0.811. The molecule has 0 bridgehead atoms. The first-order valence-corrected chi connectivity index (χ1v) is 1.84. The van der Waals surface area contributed by atoms with E-state index >= 15 is 0 Å². The van der Waals surface area contributed by atoms with Crippen molar-refractivity contribution in [3.05, 3.63) is 0 Å². The van der Waals surface area contributed by atoms with E-state index in [0.717, 1.165) is 0 Å². The zero-order chi connectivity index (χ0) is 3.58. The number of hydrogen-bond donors (Lipinski definition) is 0. The van der Waals surface area contributed by atoms with Crippen molar-refractivity contribution in [1.82, 2.24) is 0 Å². The van der Waals surface area contributed by atoms with Gasteiger partial charge in [0.25, 0.3) is 0 Å². The summed E-state index contributed by atoms with van der Waals surface area (Å²) in [4.78, 5) is 17.0. The van der Waals surface area contributed by atoms with E-state index in [9.17, 15) is 0 Å². The molecule has 0 spiro atoms. The Kier molecular flexibility index (Phi) is 24.7. The third-order valence-corrected chi connectivity index (χ3v) is 0. The summed E-state index contributed by atoms with van der Waals surface area (Å²) in [6.45, 7) is 0. The van der Waals surface area contributed by atoms with Gasteiger partial charge in [0.2, 0.25) is 0 Å². The molecule has 0 aliphatic carbocycles. The first-order valence-electron chi connectivity index (χ1n) is 0.612. The predicted octanol–water partition coefficient (Wildman–Crippen LogP) is -3.64. The molecule has 0 saturated carbocycles. The maximum Gasteiger partial charge on any atom is 2.00 e. The number of hydrogen-bond acceptors (Lipinski definition) is 3. The van der Waals surface area contributed by atoms with Gasteiger partial charge in [-0.25, -0.2) is 0 Å². The molecule has 0 saturated heterocycles. The van der Waals surface area contributed by atoms with Gasteiger partial charge in [-0.05, 0) is 0 Å². The molecule has 0 rings (SSSR count). The fourth-order valence-corrected chi connectivity index (χ4v) is 0. The van der Waals surface area contributed by atoms with E-state index < -0.39 is 9.17 Å². The fraction of sp³-hybridized carbons (Fsp3) is 0. The molecule has 28 valence electrons. The Hall–Kier alpha value is 1.09. The molecule has 3 nitrogen and oxygen atoms in total. The normalized spacial score (nSPS) is 4.00. The molecule has 0 aromatic rings. The molecule has 0 aliphatic rings. The molecular formula is CaO3Si2. The smallest absolute Gasteiger partial charge is 0.672 e. The Bertz CT molecular complexity index is 31.8. The average molecular weight is 144 g/mol. The summed E-state index contributed by atoms with van der Waals surface area (Å²) >= 11 is 0. The number of rotatable bonds is 0. The van der Waals surface area contributed by atoms with Crippen molar-refractivity contribution in [3.63, 3.8) is 0 Å². The summed E-state index contributed by atoms with van der Waals surface area (Å²) in [5.74, 6) is 0. The van der Waals surface area contributed by atoms with Gasteiger partial charge in [0, 0.05) is 20.1 Å². The summed E-state index contributed by atoms with van der Waals surface area (Å²) in [5, 5.41) is 0. The molecule has 4 radical (unpaired) electrons. The quantitative estimate of drug-likeness (QED) is 0.329. The fourth-order valence-electron chi connectivity index (χ4n) is 0. The van der Waals surface area contributed by atoms with Crippen molar-refractivity contribution in [1.29, 1.82) is 0 Å². The van der Waals surface area contributed by atoms with Crippen LogP contribution in [0.1, 0.15) is 0 Å². The second-order valence-electron chi connectivity index (χ2n) is 0.250. The van der Waals surface area contributed by atoms with Gasteiger partial charge >= 0.3 is 37.7 Å². The van der Waals surface area contributed by atoms with Crippen LogP contribution in [0.15, 0.2) is 0 Å². The molecule has 0 unspecified atom stereocenters. The van der Waals surface area contributed by atoms with Crippen LogP contribution in [0.5, 0.6) is 0 Å². The van der Waals surface area contributed by atoms with Crippen molar-refractivity contribution in [2.75, 3.05) is 0 Å². The summed E-state index contributed by atoms with van der Waals surface area (Å²) in [5.41, 5.74) is 0. The Morgan fingerprint density at radius 2 is 1.33 bits per heavy atom. The SMILES string of the molecule is O=[Si]([O-])[O-].[Ca+2].[Si]. The Labute approximate surface area is 71.3 Å². The second-order valence-corrected chi connectivity index (χ2v) is 0.750. The van der Waals surface area contributed by atoms with E-state index in [1.807, 2.05) is 0 Å². The van der Waals surface area contributed by atoms with Gasteiger partial charge in [0.15, 0.2) is 0 Å². The molecule has 0 heterocycles. The zero-order valence-electron chi connectivity index (χ0n) is 2.93. The van der Waals surface area contributed by atoms with Crippen molar-refractivity contribution >= 4 is 57.9 Å². The van der Waals surface area contributed by atoms with Crippen molar-refractivity contribution < 1.29 is 14.1 Å². The molecule has 0 aliphatic heterocycles. The molecule has 6 heteroatoms. The molecule has 0 fully saturated rings. The van der Waals surface area contributed by atoms with Gasteiger partial charge in [-0.15, -0.1) is 0 Å². The Morgan fingerprint density at radius 3 is 1.33 bits per heavy atom. The molecule has 0 N–H and O–H groups in total. The third-order valence-electron chi connectivity index (χ3n) is 0. The standard InChI is InChI=1S/Ca.O3Si.Si/c;1-4(2)3;/q+2;-2;. The molecule has 0 amide bonds. The largest absolute Gasteiger partial charge is 2.00 e. The van der Waals surface area contributed by atoms with Crippen LogP contribution in [0.25, 0.3) is 0 Å². The van der Waals surface area contributed by atoms with Crippen LogP contribution in [-0.2, 0) is 4.46 Å². The van der Waals surface area contributed by atoms with Crippen LogP contribution in [0, 0.1) is 0 Å². The van der Waals surface area contributed by atoms with Crippen molar-refractivity contribution in [3.8, 4) is 0 Å². The maximum atomic E-state index is 8.52. The summed E-state index contributed by atoms with van der Waals surface area (Å²) in [7, 11) is -3.63. The van der Waals surface area contributed by atoms with Gasteiger partial charge in [-0.2, -0.15) is 0 Å². The van der Waals surface area contributed by atoms with Gasteiger partial charge in [-0.1, -0.05) is 0 Å². The molecule has 0 atom stereocenters. The molecular weight excluding hydrogens is 144 g/mol. The molecule has 0 aromatic heterocycles. The van der Waals surface area contributed by atoms with Crippen LogP contribution < -0.4 is 9.59 Å². The van der Waals surface area contributed by atoms with Gasteiger partial charge in [0.05, 0.1) is 0 Å². The van der Waals surface area contributed by atoms with E-state index in [1.54, 1.807) is 0 Å². The van der Waals surface area contributed by atoms with Crippen LogP contribution in [0.4, 0.5) is 0 Å². The van der Waals surface area contributed by atoms with E-state index in [0.29, 0.717) is 0 Å². The van der Waals surface area contributed by atoms with E-state index in [-0.39, 0.29) is 48.7 Å². The van der Waals surface area contributed by atoms with Crippen LogP contribution >= 0.6 is 0 Å². The van der Waals surface area contributed by atoms with E-state index in [2.05, 4.69) is 0 Å². The Morgan fingerprint density at radius 1 is 1.33 bits per heavy atom. The zero-order valence-corrected chi connectivity index (χ0v) is 7.14. The van der Waals surface area contributed by atoms with Gasteiger partial charge in [-0.3, -0.25) is 0 Å². The van der Waals surface area contributed by atoms with Crippen LogP contribution in [0.3, 0.4) is 0 Å². The van der Waals surface area contributed by atoms with Gasteiger partial charge in [0.1, 0.15) is 0 Å². The topological polar surface area (TPSA) is 63.2 Å². The first-order chi connectivity index (χ1) is 1.73. The third kappa shape index (κ3) is 71.4. The monoisotopic (exact) mass is 144 g/mol. The van der Waals surface area contributed by atoms with Gasteiger partial charge < -0.3 is 14.1 Å². The molecule has 0 aromatic carbocycles.